The Labute approximate surface area is 175 Å². The Hall–Kier alpha value is -1.69. The van der Waals surface area contributed by atoms with Crippen LogP contribution < -0.4 is 0 Å². The van der Waals surface area contributed by atoms with E-state index >= 15 is 0 Å². The highest BCUT2D eigenvalue weighted by atomic mass is 79.9. The van der Waals surface area contributed by atoms with Crippen molar-refractivity contribution < 1.29 is 9.90 Å². The molecule has 2 aromatic rings. The van der Waals surface area contributed by atoms with Gasteiger partial charge >= 0.3 is 0 Å². The predicted molar refractivity (Wildman–Crippen MR) is 114 cm³/mol. The van der Waals surface area contributed by atoms with Crippen LogP contribution in [-0.2, 0) is 11.3 Å². The summed E-state index contributed by atoms with van der Waals surface area (Å²) in [7, 11) is 0. The zero-order valence-corrected chi connectivity index (χ0v) is 17.8. The van der Waals surface area contributed by atoms with Crippen LogP contribution in [0.5, 0.6) is 0 Å². The van der Waals surface area contributed by atoms with Crippen molar-refractivity contribution in [2.75, 3.05) is 13.1 Å². The largest absolute Gasteiger partial charge is 0.390 e. The quantitative estimate of drug-likeness (QED) is 0.780. The van der Waals surface area contributed by atoms with Gasteiger partial charge in [0.15, 0.2) is 0 Å². The van der Waals surface area contributed by atoms with Crippen molar-refractivity contribution in [2.45, 2.75) is 44.5 Å². The van der Waals surface area contributed by atoms with E-state index in [4.69, 9.17) is 0 Å². The lowest BCUT2D eigenvalue weighted by atomic mass is 9.82. The van der Waals surface area contributed by atoms with Crippen LogP contribution in [0.1, 0.15) is 36.9 Å². The molecule has 0 radical (unpaired) electrons. The molecular formula is C23H27BrN2O2. The molecule has 0 saturated carbocycles. The Morgan fingerprint density at radius 3 is 2.61 bits per heavy atom. The van der Waals surface area contributed by atoms with E-state index < -0.39 is 6.10 Å². The Bertz CT molecular complexity index is 828. The number of benzene rings is 2. The second-order valence-corrected chi connectivity index (χ2v) is 9.04. The molecule has 0 aliphatic carbocycles. The van der Waals surface area contributed by atoms with Crippen LogP contribution in [0.3, 0.4) is 0 Å². The highest BCUT2D eigenvalue weighted by Crippen LogP contribution is 2.41. The van der Waals surface area contributed by atoms with Gasteiger partial charge in [-0.15, -0.1) is 0 Å². The topological polar surface area (TPSA) is 43.8 Å². The van der Waals surface area contributed by atoms with Gasteiger partial charge in [0.25, 0.3) is 0 Å². The van der Waals surface area contributed by atoms with Crippen LogP contribution in [0.15, 0.2) is 59.1 Å². The number of aliphatic hydroxyl groups is 1. The first-order valence-corrected chi connectivity index (χ1v) is 10.8. The predicted octanol–water partition coefficient (Wildman–Crippen LogP) is 3.99. The van der Waals surface area contributed by atoms with E-state index in [-0.39, 0.29) is 18.0 Å². The molecule has 4 rings (SSSR count). The number of rotatable bonds is 3. The SMILES string of the molecule is C[C@H]1CC[C@H]2C(=O)N(Cc3ccccc3)C[C@H](O)CN2[C@H]1c1cccc(Br)c1. The second-order valence-electron chi connectivity index (χ2n) is 8.13. The summed E-state index contributed by atoms with van der Waals surface area (Å²) in [6.07, 6.45) is 1.32. The fourth-order valence-electron chi connectivity index (χ4n) is 4.78. The fraction of sp³-hybridized carbons (Fsp3) is 0.435. The lowest BCUT2D eigenvalue weighted by Gasteiger charge is -2.44. The lowest BCUT2D eigenvalue weighted by molar-refractivity contribution is -0.139. The maximum Gasteiger partial charge on any atom is 0.240 e. The molecule has 4 atom stereocenters. The summed E-state index contributed by atoms with van der Waals surface area (Å²) in [6, 6.07) is 18.4. The molecule has 148 valence electrons. The summed E-state index contributed by atoms with van der Waals surface area (Å²) in [5, 5.41) is 10.8. The second kappa shape index (κ2) is 8.36. The summed E-state index contributed by atoms with van der Waals surface area (Å²) < 4.78 is 1.05. The molecule has 2 heterocycles. The molecule has 1 N–H and O–H groups in total. The van der Waals surface area contributed by atoms with Crippen molar-refractivity contribution in [1.82, 2.24) is 9.80 Å². The first-order valence-electron chi connectivity index (χ1n) is 10.0. The zero-order valence-electron chi connectivity index (χ0n) is 16.2. The van der Waals surface area contributed by atoms with Gasteiger partial charge in [-0.05, 0) is 42.0 Å². The van der Waals surface area contributed by atoms with Crippen molar-refractivity contribution in [3.8, 4) is 0 Å². The Morgan fingerprint density at radius 2 is 1.86 bits per heavy atom. The number of hydrogen-bond acceptors (Lipinski definition) is 3. The van der Waals surface area contributed by atoms with Crippen LogP contribution in [0.2, 0.25) is 0 Å². The molecule has 0 spiro atoms. The van der Waals surface area contributed by atoms with E-state index in [9.17, 15) is 9.90 Å². The summed E-state index contributed by atoms with van der Waals surface area (Å²) in [5.74, 6) is 0.582. The van der Waals surface area contributed by atoms with E-state index in [0.717, 1.165) is 22.9 Å². The number of halogens is 1. The van der Waals surface area contributed by atoms with Gasteiger partial charge in [0.2, 0.25) is 5.91 Å². The van der Waals surface area contributed by atoms with Crippen LogP contribution in [0, 0.1) is 5.92 Å². The Morgan fingerprint density at radius 1 is 1.07 bits per heavy atom. The molecule has 2 saturated heterocycles. The summed E-state index contributed by atoms with van der Waals surface area (Å²) in [6.45, 7) is 3.73. The van der Waals surface area contributed by atoms with Crippen LogP contribution >= 0.6 is 15.9 Å². The number of amides is 1. The molecule has 2 aromatic carbocycles. The van der Waals surface area contributed by atoms with E-state index in [1.165, 1.54) is 5.56 Å². The number of nitrogens with zero attached hydrogens (tertiary/aromatic N) is 2. The Balaban J connectivity index is 1.63. The number of piperidine rings is 1. The molecule has 0 unspecified atom stereocenters. The van der Waals surface area contributed by atoms with Gasteiger partial charge in [-0.25, -0.2) is 0 Å². The normalized spacial score (nSPS) is 28.7. The number of carbonyl (C=O) groups is 1. The molecule has 2 fully saturated rings. The number of aliphatic hydroxyl groups excluding tert-OH is 1. The summed E-state index contributed by atoms with van der Waals surface area (Å²) in [5.41, 5.74) is 2.31. The average Bonchev–Trinajstić information content (AvgIpc) is 2.79. The van der Waals surface area contributed by atoms with Crippen molar-refractivity contribution in [3.05, 3.63) is 70.2 Å². The van der Waals surface area contributed by atoms with Crippen molar-refractivity contribution in [3.63, 3.8) is 0 Å². The molecule has 0 aromatic heterocycles. The highest BCUT2D eigenvalue weighted by Gasteiger charge is 2.44. The number of β-amino-alcohol motifs (C(OH)–C–C–N with tert-alkyl or cyclic N) is 1. The van der Waals surface area contributed by atoms with Crippen molar-refractivity contribution in [1.29, 1.82) is 0 Å². The third-order valence-electron chi connectivity index (χ3n) is 6.05. The lowest BCUT2D eigenvalue weighted by Crippen LogP contribution is -2.51. The third-order valence-corrected chi connectivity index (χ3v) is 6.54. The maximum absolute atomic E-state index is 13.4. The number of carbonyl (C=O) groups excluding carboxylic acids is 1. The summed E-state index contributed by atoms with van der Waals surface area (Å²) >= 11 is 3.58. The van der Waals surface area contributed by atoms with Gasteiger partial charge in [-0.2, -0.15) is 0 Å². The first kappa shape index (κ1) is 19.6. The number of fused-ring (bicyclic) bond motifs is 1. The molecule has 2 aliphatic rings. The Kier molecular flexibility index (Phi) is 5.85. The van der Waals surface area contributed by atoms with Gasteiger partial charge < -0.3 is 10.0 Å². The van der Waals surface area contributed by atoms with Crippen LogP contribution in [-0.4, -0.2) is 46.0 Å². The monoisotopic (exact) mass is 442 g/mol. The van der Waals surface area contributed by atoms with E-state index in [2.05, 4.69) is 39.9 Å². The molecule has 0 bridgehead atoms. The van der Waals surface area contributed by atoms with Crippen molar-refractivity contribution in [2.24, 2.45) is 5.92 Å². The first-order chi connectivity index (χ1) is 13.5. The van der Waals surface area contributed by atoms with E-state index in [1.807, 2.05) is 47.4 Å². The minimum Gasteiger partial charge on any atom is -0.390 e. The highest BCUT2D eigenvalue weighted by molar-refractivity contribution is 9.10. The summed E-state index contributed by atoms with van der Waals surface area (Å²) in [4.78, 5) is 17.5. The van der Waals surface area contributed by atoms with Crippen LogP contribution in [0.4, 0.5) is 0 Å². The molecular weight excluding hydrogens is 416 g/mol. The molecule has 1 amide bonds. The third kappa shape index (κ3) is 4.02. The zero-order chi connectivity index (χ0) is 19.7. The fourth-order valence-corrected chi connectivity index (χ4v) is 5.20. The van der Waals surface area contributed by atoms with Gasteiger partial charge in [0, 0.05) is 30.1 Å². The molecule has 2 aliphatic heterocycles. The smallest absolute Gasteiger partial charge is 0.240 e. The van der Waals surface area contributed by atoms with E-state index in [0.29, 0.717) is 25.6 Å². The average molecular weight is 443 g/mol. The van der Waals surface area contributed by atoms with Crippen molar-refractivity contribution >= 4 is 21.8 Å². The number of hydrogen-bond donors (Lipinski definition) is 1. The minimum absolute atomic E-state index is 0.145. The molecule has 28 heavy (non-hydrogen) atoms. The van der Waals surface area contributed by atoms with Crippen LogP contribution in [0.25, 0.3) is 0 Å². The minimum atomic E-state index is -0.544. The van der Waals surface area contributed by atoms with Gasteiger partial charge in [0.1, 0.15) is 0 Å². The standard InChI is InChI=1S/C23H27BrN2O2/c1-16-10-11-21-23(28)25(13-17-6-3-2-4-7-17)14-20(27)15-26(21)22(16)18-8-5-9-19(24)12-18/h2-9,12,16,20-22,27H,10-11,13-15H2,1H3/t16-,20-,21-,22+/m0/s1. The van der Waals surface area contributed by atoms with Gasteiger partial charge in [-0.3, -0.25) is 9.69 Å². The molecule has 5 heteroatoms. The molecule has 4 nitrogen and oxygen atoms in total. The maximum atomic E-state index is 13.4. The van der Waals surface area contributed by atoms with Gasteiger partial charge in [-0.1, -0.05) is 65.3 Å². The van der Waals surface area contributed by atoms with Gasteiger partial charge in [0.05, 0.1) is 12.1 Å². The van der Waals surface area contributed by atoms with E-state index in [1.54, 1.807) is 0 Å².